The molecule has 0 spiro atoms. The average molecular weight is 234 g/mol. The van der Waals surface area contributed by atoms with Crippen molar-refractivity contribution in [1.82, 2.24) is 14.8 Å². The number of hydrogen-bond donors (Lipinski definition) is 1. The summed E-state index contributed by atoms with van der Waals surface area (Å²) in [6, 6.07) is 0. The zero-order valence-electron chi connectivity index (χ0n) is 8.67. The molecule has 2 heterocycles. The Morgan fingerprint density at radius 3 is 2.75 bits per heavy atom. The molecule has 1 aliphatic rings. The lowest BCUT2D eigenvalue weighted by atomic mass is 9.99. The Bertz CT molecular complexity index is 371. The van der Waals surface area contributed by atoms with Gasteiger partial charge < -0.3 is 10.3 Å². The van der Waals surface area contributed by atoms with E-state index in [2.05, 4.69) is 10.2 Å². The van der Waals surface area contributed by atoms with Crippen molar-refractivity contribution in [3.05, 3.63) is 11.6 Å². The van der Waals surface area contributed by atoms with Crippen LogP contribution in [-0.4, -0.2) is 27.5 Å². The molecule has 0 fully saturated rings. The molecular weight excluding hydrogens is 221 g/mol. The second-order valence-corrected chi connectivity index (χ2v) is 4.08. The van der Waals surface area contributed by atoms with Crippen molar-refractivity contribution in [3.8, 4) is 0 Å². The molecule has 1 atom stereocenters. The second kappa shape index (κ2) is 4.04. The lowest BCUT2D eigenvalue weighted by molar-refractivity contribution is -0.129. The standard InChI is InChI=1S/C9H13F3N4/c10-9(11,12)3-8-15-14-7-2-1-6(4-13)5-16(7)8/h6H,1-5,13H2. The molecule has 2 rings (SSSR count). The maximum Gasteiger partial charge on any atom is 0.396 e. The van der Waals surface area contributed by atoms with Crippen LogP contribution in [0.5, 0.6) is 0 Å². The summed E-state index contributed by atoms with van der Waals surface area (Å²) in [5.41, 5.74) is 5.53. The van der Waals surface area contributed by atoms with Gasteiger partial charge in [0.25, 0.3) is 0 Å². The molecule has 1 aliphatic heterocycles. The highest BCUT2D eigenvalue weighted by atomic mass is 19.4. The molecule has 0 aliphatic carbocycles. The van der Waals surface area contributed by atoms with Gasteiger partial charge in [-0.1, -0.05) is 0 Å². The number of nitrogens with two attached hydrogens (primary N) is 1. The summed E-state index contributed by atoms with van der Waals surface area (Å²) < 4.78 is 38.4. The molecule has 0 aromatic carbocycles. The monoisotopic (exact) mass is 234 g/mol. The van der Waals surface area contributed by atoms with Crippen molar-refractivity contribution < 1.29 is 13.2 Å². The second-order valence-electron chi connectivity index (χ2n) is 4.08. The fourth-order valence-electron chi connectivity index (χ4n) is 1.95. The third-order valence-corrected chi connectivity index (χ3v) is 2.81. The normalized spacial score (nSPS) is 20.9. The summed E-state index contributed by atoms with van der Waals surface area (Å²) in [6.07, 6.45) is -3.72. The van der Waals surface area contributed by atoms with E-state index in [1.165, 1.54) is 0 Å². The Kier molecular flexibility index (Phi) is 2.88. The first-order chi connectivity index (χ1) is 7.49. The van der Waals surface area contributed by atoms with Crippen LogP contribution in [-0.2, 0) is 19.4 Å². The van der Waals surface area contributed by atoms with Crippen LogP contribution in [0.2, 0.25) is 0 Å². The first kappa shape index (κ1) is 11.4. The van der Waals surface area contributed by atoms with E-state index in [9.17, 15) is 13.2 Å². The predicted molar refractivity (Wildman–Crippen MR) is 50.6 cm³/mol. The molecule has 0 amide bonds. The summed E-state index contributed by atoms with van der Waals surface area (Å²) in [4.78, 5) is 0. The van der Waals surface area contributed by atoms with E-state index in [1.807, 2.05) is 0 Å². The molecule has 0 radical (unpaired) electrons. The van der Waals surface area contributed by atoms with Gasteiger partial charge in [-0.15, -0.1) is 10.2 Å². The van der Waals surface area contributed by atoms with Crippen molar-refractivity contribution in [2.45, 2.75) is 32.0 Å². The van der Waals surface area contributed by atoms with Crippen molar-refractivity contribution in [2.75, 3.05) is 6.54 Å². The van der Waals surface area contributed by atoms with Gasteiger partial charge in [-0.05, 0) is 18.9 Å². The molecule has 7 heteroatoms. The van der Waals surface area contributed by atoms with Gasteiger partial charge in [-0.2, -0.15) is 13.2 Å². The van der Waals surface area contributed by atoms with Crippen LogP contribution in [0.4, 0.5) is 13.2 Å². The highest BCUT2D eigenvalue weighted by Gasteiger charge is 2.32. The van der Waals surface area contributed by atoms with Crippen LogP contribution in [0.15, 0.2) is 0 Å². The van der Waals surface area contributed by atoms with Crippen molar-refractivity contribution >= 4 is 0 Å². The quantitative estimate of drug-likeness (QED) is 0.827. The van der Waals surface area contributed by atoms with Gasteiger partial charge >= 0.3 is 6.18 Å². The molecule has 16 heavy (non-hydrogen) atoms. The number of nitrogens with zero attached hydrogens (tertiary/aromatic N) is 3. The van der Waals surface area contributed by atoms with Crippen LogP contribution >= 0.6 is 0 Å². The molecule has 1 aromatic rings. The Hall–Kier alpha value is -1.11. The van der Waals surface area contributed by atoms with E-state index in [4.69, 9.17) is 5.73 Å². The van der Waals surface area contributed by atoms with E-state index in [0.29, 0.717) is 25.3 Å². The van der Waals surface area contributed by atoms with Gasteiger partial charge in [-0.25, -0.2) is 0 Å². The molecular formula is C9H13F3N4. The largest absolute Gasteiger partial charge is 0.396 e. The number of halogens is 3. The van der Waals surface area contributed by atoms with Gasteiger partial charge in [0.2, 0.25) is 0 Å². The lowest BCUT2D eigenvalue weighted by Crippen LogP contribution is -2.28. The molecule has 0 saturated heterocycles. The molecule has 0 bridgehead atoms. The molecule has 90 valence electrons. The van der Waals surface area contributed by atoms with Crippen LogP contribution in [0.3, 0.4) is 0 Å². The first-order valence-corrected chi connectivity index (χ1v) is 5.17. The average Bonchev–Trinajstić information content (AvgIpc) is 2.58. The molecule has 1 aromatic heterocycles. The number of aromatic nitrogens is 3. The highest BCUT2D eigenvalue weighted by Crippen LogP contribution is 2.24. The van der Waals surface area contributed by atoms with Gasteiger partial charge in [0.15, 0.2) is 0 Å². The topological polar surface area (TPSA) is 56.7 Å². The van der Waals surface area contributed by atoms with E-state index in [0.717, 1.165) is 6.42 Å². The Labute approximate surface area is 90.6 Å². The molecule has 4 nitrogen and oxygen atoms in total. The number of alkyl halides is 3. The minimum absolute atomic E-state index is 0.000602. The third-order valence-electron chi connectivity index (χ3n) is 2.81. The zero-order chi connectivity index (χ0) is 11.8. The van der Waals surface area contributed by atoms with Crippen molar-refractivity contribution in [3.63, 3.8) is 0 Å². The zero-order valence-corrected chi connectivity index (χ0v) is 8.67. The van der Waals surface area contributed by atoms with Crippen LogP contribution in [0.1, 0.15) is 18.1 Å². The number of fused-ring (bicyclic) bond motifs is 1. The van der Waals surface area contributed by atoms with E-state index in [1.54, 1.807) is 4.57 Å². The summed E-state index contributed by atoms with van der Waals surface area (Å²) in [7, 11) is 0. The molecule has 1 unspecified atom stereocenters. The van der Waals surface area contributed by atoms with Crippen LogP contribution < -0.4 is 5.73 Å². The Balaban J connectivity index is 2.20. The van der Waals surface area contributed by atoms with Gasteiger partial charge in [0, 0.05) is 13.0 Å². The van der Waals surface area contributed by atoms with Gasteiger partial charge in [0.1, 0.15) is 18.1 Å². The summed E-state index contributed by atoms with van der Waals surface area (Å²) >= 11 is 0. The number of rotatable bonds is 2. The van der Waals surface area contributed by atoms with Crippen LogP contribution in [0, 0.1) is 5.92 Å². The maximum absolute atomic E-state index is 12.3. The minimum atomic E-state index is -4.24. The number of aryl methyl sites for hydroxylation is 1. The lowest BCUT2D eigenvalue weighted by Gasteiger charge is -2.23. The van der Waals surface area contributed by atoms with E-state index >= 15 is 0 Å². The van der Waals surface area contributed by atoms with E-state index in [-0.39, 0.29) is 11.7 Å². The third kappa shape index (κ3) is 2.34. The predicted octanol–water partition coefficient (Wildman–Crippen LogP) is 0.904. The summed E-state index contributed by atoms with van der Waals surface area (Å²) in [5.74, 6) is 0.875. The Morgan fingerprint density at radius 1 is 1.38 bits per heavy atom. The van der Waals surface area contributed by atoms with Gasteiger partial charge in [-0.3, -0.25) is 0 Å². The highest BCUT2D eigenvalue weighted by molar-refractivity contribution is 5.01. The SMILES string of the molecule is NCC1CCc2nnc(CC(F)(F)F)n2C1. The van der Waals surface area contributed by atoms with Crippen molar-refractivity contribution in [2.24, 2.45) is 11.7 Å². The summed E-state index contributed by atoms with van der Waals surface area (Å²) in [5, 5.41) is 7.39. The fourth-order valence-corrected chi connectivity index (χ4v) is 1.95. The molecule has 0 saturated carbocycles. The first-order valence-electron chi connectivity index (χ1n) is 5.17. The molecule has 2 N–H and O–H groups in total. The minimum Gasteiger partial charge on any atom is -0.330 e. The van der Waals surface area contributed by atoms with Crippen molar-refractivity contribution in [1.29, 1.82) is 0 Å². The van der Waals surface area contributed by atoms with Crippen LogP contribution in [0.25, 0.3) is 0 Å². The van der Waals surface area contributed by atoms with Gasteiger partial charge in [0.05, 0.1) is 0 Å². The maximum atomic E-state index is 12.3. The summed E-state index contributed by atoms with van der Waals surface area (Å²) in [6.45, 7) is 0.993. The van der Waals surface area contributed by atoms with E-state index < -0.39 is 12.6 Å². The smallest absolute Gasteiger partial charge is 0.330 e. The number of hydrogen-bond acceptors (Lipinski definition) is 3. The fraction of sp³-hybridized carbons (Fsp3) is 0.778. The Morgan fingerprint density at radius 2 is 2.12 bits per heavy atom.